The second kappa shape index (κ2) is 7.32. The predicted octanol–water partition coefficient (Wildman–Crippen LogP) is 3.83. The van der Waals surface area contributed by atoms with Gasteiger partial charge in [0.15, 0.2) is 5.58 Å². The SMILES string of the molecule is COc1ccc(-c2cccc(-c3noc(Cc4ccc5oc(=O)[nH]c5c4)n3)c2)cn1. The normalized spacial score (nSPS) is 11.1. The van der Waals surface area contributed by atoms with Crippen LogP contribution in [0.2, 0.25) is 0 Å². The lowest BCUT2D eigenvalue weighted by molar-refractivity contribution is 0.386. The number of nitrogens with one attached hydrogen (secondary N) is 1. The Morgan fingerprint density at radius 1 is 1.03 bits per heavy atom. The van der Waals surface area contributed by atoms with Crippen LogP contribution in [0.4, 0.5) is 0 Å². The summed E-state index contributed by atoms with van der Waals surface area (Å²) in [7, 11) is 1.59. The Hall–Kier alpha value is -4.20. The van der Waals surface area contributed by atoms with Gasteiger partial charge < -0.3 is 13.7 Å². The van der Waals surface area contributed by atoms with E-state index in [0.717, 1.165) is 22.3 Å². The summed E-state index contributed by atoms with van der Waals surface area (Å²) in [5.41, 5.74) is 4.87. The molecule has 0 bridgehead atoms. The van der Waals surface area contributed by atoms with E-state index < -0.39 is 5.76 Å². The maximum atomic E-state index is 11.3. The van der Waals surface area contributed by atoms with Crippen molar-refractivity contribution in [3.8, 4) is 28.4 Å². The van der Waals surface area contributed by atoms with Gasteiger partial charge in [-0.15, -0.1) is 0 Å². The molecule has 0 fully saturated rings. The van der Waals surface area contributed by atoms with Crippen molar-refractivity contribution in [3.05, 3.63) is 82.8 Å². The second-order valence-electron chi connectivity index (χ2n) is 6.70. The molecule has 0 aliphatic rings. The zero-order valence-electron chi connectivity index (χ0n) is 16.0. The fraction of sp³-hybridized carbons (Fsp3) is 0.0909. The van der Waals surface area contributed by atoms with E-state index in [-0.39, 0.29) is 0 Å². The van der Waals surface area contributed by atoms with Crippen molar-refractivity contribution in [1.82, 2.24) is 20.1 Å². The number of hydrogen-bond donors (Lipinski definition) is 1. The standard InChI is InChI=1S/C22H16N4O4/c1-28-19-8-6-16(12-23-19)14-3-2-4-15(11-14)21-25-20(30-26-21)10-13-5-7-18-17(9-13)24-22(27)29-18/h2-9,11-12H,10H2,1H3,(H,24,27). The Morgan fingerprint density at radius 3 is 2.77 bits per heavy atom. The molecule has 1 N–H and O–H groups in total. The fourth-order valence-electron chi connectivity index (χ4n) is 3.24. The molecule has 2 aromatic carbocycles. The second-order valence-corrected chi connectivity index (χ2v) is 6.70. The number of aromatic amines is 1. The first-order valence-electron chi connectivity index (χ1n) is 9.23. The molecule has 0 unspecified atom stereocenters. The summed E-state index contributed by atoms with van der Waals surface area (Å²) in [5, 5.41) is 4.11. The summed E-state index contributed by atoms with van der Waals surface area (Å²) in [6.07, 6.45) is 2.20. The average molecular weight is 400 g/mol. The number of hydrogen-bond acceptors (Lipinski definition) is 7. The van der Waals surface area contributed by atoms with Crippen molar-refractivity contribution in [3.63, 3.8) is 0 Å². The summed E-state index contributed by atoms with van der Waals surface area (Å²) in [6.45, 7) is 0. The topological polar surface area (TPSA) is 107 Å². The van der Waals surface area contributed by atoms with E-state index in [2.05, 4.69) is 20.1 Å². The summed E-state index contributed by atoms with van der Waals surface area (Å²) >= 11 is 0. The van der Waals surface area contributed by atoms with E-state index in [1.165, 1.54) is 0 Å². The first kappa shape index (κ1) is 17.9. The average Bonchev–Trinajstić information content (AvgIpc) is 3.39. The minimum absolute atomic E-state index is 0.443. The molecule has 0 atom stereocenters. The first-order chi connectivity index (χ1) is 14.7. The smallest absolute Gasteiger partial charge is 0.417 e. The van der Waals surface area contributed by atoms with Crippen LogP contribution in [-0.4, -0.2) is 27.2 Å². The number of oxazole rings is 1. The van der Waals surface area contributed by atoms with Gasteiger partial charge in [-0.2, -0.15) is 4.98 Å². The highest BCUT2D eigenvalue weighted by molar-refractivity contribution is 5.73. The minimum atomic E-state index is -0.478. The Kier molecular flexibility index (Phi) is 4.36. The Labute approximate surface area is 170 Å². The lowest BCUT2D eigenvalue weighted by atomic mass is 10.0. The molecule has 5 aromatic rings. The van der Waals surface area contributed by atoms with Crippen LogP contribution in [0, 0.1) is 0 Å². The van der Waals surface area contributed by atoms with Crippen molar-refractivity contribution in [1.29, 1.82) is 0 Å². The molecule has 0 spiro atoms. The van der Waals surface area contributed by atoms with Gasteiger partial charge in [-0.1, -0.05) is 29.4 Å². The first-order valence-corrected chi connectivity index (χ1v) is 9.23. The van der Waals surface area contributed by atoms with Crippen molar-refractivity contribution >= 4 is 11.1 Å². The highest BCUT2D eigenvalue weighted by Gasteiger charge is 2.12. The van der Waals surface area contributed by atoms with Crippen molar-refractivity contribution in [2.24, 2.45) is 0 Å². The molecule has 8 nitrogen and oxygen atoms in total. The predicted molar refractivity (Wildman–Crippen MR) is 109 cm³/mol. The van der Waals surface area contributed by atoms with E-state index in [1.54, 1.807) is 19.4 Å². The summed E-state index contributed by atoms with van der Waals surface area (Å²) < 4.78 is 15.6. The molecule has 5 rings (SSSR count). The zero-order chi connectivity index (χ0) is 20.5. The van der Waals surface area contributed by atoms with E-state index in [4.69, 9.17) is 13.7 Å². The number of fused-ring (bicyclic) bond motifs is 1. The molecule has 30 heavy (non-hydrogen) atoms. The fourth-order valence-corrected chi connectivity index (χ4v) is 3.24. The maximum Gasteiger partial charge on any atom is 0.417 e. The van der Waals surface area contributed by atoms with Crippen LogP contribution in [0.15, 0.2) is 74.5 Å². The van der Waals surface area contributed by atoms with Gasteiger partial charge in [0.05, 0.1) is 19.0 Å². The minimum Gasteiger partial charge on any atom is -0.481 e. The Balaban J connectivity index is 1.39. The molecule has 0 saturated carbocycles. The molecule has 3 heterocycles. The molecule has 0 aliphatic heterocycles. The molecule has 0 aliphatic carbocycles. The van der Waals surface area contributed by atoms with Gasteiger partial charge >= 0.3 is 5.76 Å². The van der Waals surface area contributed by atoms with Crippen LogP contribution >= 0.6 is 0 Å². The summed E-state index contributed by atoms with van der Waals surface area (Å²) in [4.78, 5) is 22.7. The number of pyridine rings is 1. The van der Waals surface area contributed by atoms with Gasteiger partial charge in [0.25, 0.3) is 0 Å². The number of methoxy groups -OCH3 is 1. The lowest BCUT2D eigenvalue weighted by Gasteiger charge is -2.04. The zero-order valence-corrected chi connectivity index (χ0v) is 16.0. The largest absolute Gasteiger partial charge is 0.481 e. The van der Waals surface area contributed by atoms with Crippen LogP contribution in [0.3, 0.4) is 0 Å². The van der Waals surface area contributed by atoms with Crippen LogP contribution in [0.25, 0.3) is 33.6 Å². The third-order valence-electron chi connectivity index (χ3n) is 4.71. The number of ether oxygens (including phenoxy) is 1. The van der Waals surface area contributed by atoms with Gasteiger partial charge in [0, 0.05) is 23.4 Å². The van der Waals surface area contributed by atoms with Gasteiger partial charge in [-0.3, -0.25) is 4.98 Å². The van der Waals surface area contributed by atoms with Crippen LogP contribution in [0.1, 0.15) is 11.5 Å². The number of rotatable bonds is 5. The Morgan fingerprint density at radius 2 is 1.93 bits per heavy atom. The third kappa shape index (κ3) is 3.46. The number of benzene rings is 2. The molecular formula is C22H16N4O4. The quantitative estimate of drug-likeness (QED) is 0.478. The molecule has 0 amide bonds. The highest BCUT2D eigenvalue weighted by atomic mass is 16.5. The summed E-state index contributed by atoms with van der Waals surface area (Å²) in [5.74, 6) is 1.07. The van der Waals surface area contributed by atoms with Gasteiger partial charge in [0.2, 0.25) is 17.6 Å². The molecular weight excluding hydrogens is 384 g/mol. The molecule has 148 valence electrons. The highest BCUT2D eigenvalue weighted by Crippen LogP contribution is 2.26. The summed E-state index contributed by atoms with van der Waals surface area (Å²) in [6, 6.07) is 17.1. The molecule has 0 saturated heterocycles. The third-order valence-corrected chi connectivity index (χ3v) is 4.71. The number of H-pyrrole nitrogens is 1. The molecule has 0 radical (unpaired) electrons. The van der Waals surface area contributed by atoms with Gasteiger partial charge in [-0.05, 0) is 35.4 Å². The van der Waals surface area contributed by atoms with Crippen LogP contribution < -0.4 is 10.5 Å². The number of nitrogens with zero attached hydrogens (tertiary/aromatic N) is 3. The Bertz CT molecular complexity index is 1380. The monoisotopic (exact) mass is 400 g/mol. The van der Waals surface area contributed by atoms with E-state index in [9.17, 15) is 4.79 Å². The van der Waals surface area contributed by atoms with Crippen LogP contribution in [0.5, 0.6) is 5.88 Å². The van der Waals surface area contributed by atoms with E-state index >= 15 is 0 Å². The van der Waals surface area contributed by atoms with E-state index in [0.29, 0.717) is 35.1 Å². The van der Waals surface area contributed by atoms with Crippen molar-refractivity contribution in [2.75, 3.05) is 7.11 Å². The van der Waals surface area contributed by atoms with Crippen molar-refractivity contribution in [2.45, 2.75) is 6.42 Å². The molecule has 3 aromatic heterocycles. The lowest BCUT2D eigenvalue weighted by Crippen LogP contribution is -1.93. The van der Waals surface area contributed by atoms with E-state index in [1.807, 2.05) is 48.5 Å². The van der Waals surface area contributed by atoms with Crippen molar-refractivity contribution < 1.29 is 13.7 Å². The van der Waals surface area contributed by atoms with Crippen LogP contribution in [-0.2, 0) is 6.42 Å². The molecule has 8 heteroatoms. The maximum absolute atomic E-state index is 11.3. The van der Waals surface area contributed by atoms with Gasteiger partial charge in [-0.25, -0.2) is 9.78 Å². The van der Waals surface area contributed by atoms with Gasteiger partial charge in [0.1, 0.15) is 0 Å². The number of aromatic nitrogens is 4.